The second-order valence-electron chi connectivity index (χ2n) is 13.8. The minimum atomic E-state index is -1.64. The molecule has 13 heteroatoms. The van der Waals surface area contributed by atoms with Crippen molar-refractivity contribution in [2.45, 2.75) is 0 Å². The van der Waals surface area contributed by atoms with Gasteiger partial charge in [-0.15, -0.1) is 0 Å². The lowest BCUT2D eigenvalue weighted by atomic mass is 10.0. The summed E-state index contributed by atoms with van der Waals surface area (Å²) in [6.07, 6.45) is 6.69. The van der Waals surface area contributed by atoms with Crippen LogP contribution in [0.2, 0.25) is 0 Å². The van der Waals surface area contributed by atoms with Gasteiger partial charge in [-0.1, -0.05) is 36.4 Å². The number of aromatic amines is 2. The molecule has 0 saturated carbocycles. The van der Waals surface area contributed by atoms with Gasteiger partial charge in [0.15, 0.2) is 23.3 Å². The van der Waals surface area contributed by atoms with Gasteiger partial charge in [0.2, 0.25) is 0 Å². The molecular weight excluding hydrogens is 779 g/mol. The number of phenolic OH excluding ortho intramolecular Hbond substituents is 3. The van der Waals surface area contributed by atoms with Gasteiger partial charge in [0, 0.05) is 56.6 Å². The molecule has 6 N–H and O–H groups in total. The number of phenols is 3. The summed E-state index contributed by atoms with van der Waals surface area (Å²) in [5.41, 5.74) is 3.84. The maximum Gasteiger partial charge on any atom is 0.185 e. The molecule has 0 fully saturated rings. The van der Waals surface area contributed by atoms with Crippen LogP contribution in [0.15, 0.2) is 97.1 Å². The summed E-state index contributed by atoms with van der Waals surface area (Å²) in [4.78, 5) is 16.6. The van der Waals surface area contributed by atoms with Gasteiger partial charge >= 0.3 is 0 Å². The van der Waals surface area contributed by atoms with E-state index in [0.717, 1.165) is 0 Å². The van der Waals surface area contributed by atoms with Crippen molar-refractivity contribution in [1.82, 2.24) is 19.9 Å². The van der Waals surface area contributed by atoms with E-state index in [1.807, 2.05) is 18.2 Å². The van der Waals surface area contributed by atoms with Crippen LogP contribution in [0.1, 0.15) is 22.8 Å². The molecule has 0 radical (unpaired) electrons. The van der Waals surface area contributed by atoms with Crippen molar-refractivity contribution in [2.75, 3.05) is 17.6 Å². The number of anilines is 1. The Morgan fingerprint density at radius 1 is 0.475 bits per heavy atom. The molecule has 5 heterocycles. The molecule has 2 aliphatic heterocycles. The minimum absolute atomic E-state index is 0.0303. The number of hydrogen-bond acceptors (Lipinski definition) is 7. The first-order valence-corrected chi connectivity index (χ1v) is 19.0. The van der Waals surface area contributed by atoms with E-state index in [9.17, 15) is 15.3 Å². The second kappa shape index (κ2) is 14.9. The number of nitrogens with zero attached hydrogens (tertiary/aromatic N) is 2. The molecule has 0 unspecified atom stereocenters. The predicted molar refractivity (Wildman–Crippen MR) is 228 cm³/mol. The molecule has 0 saturated heterocycles. The van der Waals surface area contributed by atoms with E-state index in [1.54, 1.807) is 66.7 Å². The lowest BCUT2D eigenvalue weighted by molar-refractivity contribution is 0.463. The number of fused-ring (bicyclic) bond motifs is 8. The van der Waals surface area contributed by atoms with Crippen LogP contribution >= 0.6 is 12.6 Å². The highest BCUT2D eigenvalue weighted by atomic mass is 32.1. The summed E-state index contributed by atoms with van der Waals surface area (Å²) in [5.74, 6) is -6.42. The highest BCUT2D eigenvalue weighted by Gasteiger charge is 2.29. The molecule has 2 aliphatic rings. The number of hydrogen-bond donors (Lipinski definition) is 7. The van der Waals surface area contributed by atoms with Crippen LogP contribution in [0.25, 0.3) is 90.9 Å². The third kappa shape index (κ3) is 6.64. The Balaban J connectivity index is 1.49. The van der Waals surface area contributed by atoms with Crippen molar-refractivity contribution in [2.24, 2.45) is 0 Å². The molecule has 0 spiro atoms. The summed E-state index contributed by atoms with van der Waals surface area (Å²) >= 11 is 4.04. The molecule has 4 aromatic carbocycles. The number of aromatic hydroxyl groups is 3. The summed E-state index contributed by atoms with van der Waals surface area (Å²) in [5, 5.41) is 34.1. The van der Waals surface area contributed by atoms with E-state index in [4.69, 9.17) is 9.97 Å². The Kier molecular flexibility index (Phi) is 9.44. The third-order valence-corrected chi connectivity index (χ3v) is 10.3. The molecule has 8 bridgehead atoms. The number of benzene rings is 4. The van der Waals surface area contributed by atoms with Gasteiger partial charge in [-0.2, -0.15) is 12.6 Å². The highest BCUT2D eigenvalue weighted by molar-refractivity contribution is 7.80. The average Bonchev–Trinajstić information content (AvgIpc) is 4.06. The first kappa shape index (κ1) is 37.3. The van der Waals surface area contributed by atoms with E-state index >= 15 is 17.6 Å². The predicted octanol–water partition coefficient (Wildman–Crippen LogP) is 11.3. The zero-order valence-electron chi connectivity index (χ0n) is 30.7. The van der Waals surface area contributed by atoms with E-state index in [2.05, 4.69) is 27.9 Å². The fourth-order valence-electron chi connectivity index (χ4n) is 7.55. The molecule has 3 aromatic heterocycles. The second-order valence-corrected chi connectivity index (χ2v) is 14.3. The van der Waals surface area contributed by atoms with Crippen molar-refractivity contribution in [3.05, 3.63) is 143 Å². The number of thiol groups is 1. The molecule has 59 heavy (non-hydrogen) atoms. The fourth-order valence-corrected chi connectivity index (χ4v) is 7.66. The Morgan fingerprint density at radius 2 is 0.831 bits per heavy atom. The van der Waals surface area contributed by atoms with Gasteiger partial charge in [-0.25, -0.2) is 27.5 Å². The average molecular weight is 810 g/mol. The van der Waals surface area contributed by atoms with Crippen molar-refractivity contribution in [3.63, 3.8) is 0 Å². The zero-order valence-corrected chi connectivity index (χ0v) is 31.6. The quantitative estimate of drug-likeness (QED) is 0.0488. The van der Waals surface area contributed by atoms with Crippen molar-refractivity contribution < 1.29 is 32.9 Å². The Morgan fingerprint density at radius 3 is 1.19 bits per heavy atom. The standard InChI is InChI=1S/C46H31F4N5O3S/c47-42-41(43(48)45(50)46(44(42)49)51-18-19-59)40-35-16-14-33(54-35)38(24-5-2-8-27(57)21-24)31-12-10-29(52-31)37(23-4-1-7-26(56)20-23)30-11-13-32(53-30)39(34-15-17-36(40)55-34)25-6-3-9-28(58)22-25/h1-17,20-22,51-52,55-59H,18-19H2. The number of halogens is 4. The summed E-state index contributed by atoms with van der Waals surface area (Å²) in [6, 6.07) is 26.5. The van der Waals surface area contributed by atoms with E-state index in [1.165, 1.54) is 36.4 Å². The first-order valence-electron chi connectivity index (χ1n) is 18.3. The number of aromatic nitrogens is 4. The van der Waals surface area contributed by atoms with Crippen molar-refractivity contribution in [3.8, 4) is 61.8 Å². The van der Waals surface area contributed by atoms with Crippen LogP contribution in [0.3, 0.4) is 0 Å². The molecule has 0 aliphatic carbocycles. The van der Waals surface area contributed by atoms with Crippen LogP contribution in [0.4, 0.5) is 23.2 Å². The van der Waals surface area contributed by atoms with Gasteiger partial charge in [-0.05, 0) is 102 Å². The van der Waals surface area contributed by atoms with E-state index in [0.29, 0.717) is 67.0 Å². The van der Waals surface area contributed by atoms with Gasteiger partial charge in [-0.3, -0.25) is 0 Å². The third-order valence-electron chi connectivity index (χ3n) is 10.1. The van der Waals surface area contributed by atoms with Crippen LogP contribution < -0.4 is 5.32 Å². The van der Waals surface area contributed by atoms with Crippen molar-refractivity contribution in [1.29, 1.82) is 0 Å². The molecule has 9 rings (SSSR count). The lowest BCUT2D eigenvalue weighted by Gasteiger charge is -2.14. The van der Waals surface area contributed by atoms with Gasteiger partial charge in [0.05, 0.1) is 28.3 Å². The van der Waals surface area contributed by atoms with E-state index < -0.39 is 34.5 Å². The highest BCUT2D eigenvalue weighted by Crippen LogP contribution is 2.42. The van der Waals surface area contributed by atoms with Crippen LogP contribution in [-0.2, 0) is 0 Å². The SMILES string of the molecule is Oc1cccc(-c2c3nc(c(-c4cccc(O)c4)c4ccc([nH]4)c(-c4c(F)c(F)c(NCCS)c(F)c4F)c4nc(c(-c5cccc(O)c5)c5ccc2[nH]5)C=C4)C=C3)c1. The molecule has 0 atom stereocenters. The van der Waals surface area contributed by atoms with Gasteiger partial charge in [0.1, 0.15) is 22.9 Å². The Hall–Kier alpha value is -7.25. The maximum atomic E-state index is 16.4. The summed E-state index contributed by atoms with van der Waals surface area (Å²) < 4.78 is 64.4. The smallest absolute Gasteiger partial charge is 0.185 e. The first-order chi connectivity index (χ1) is 28.6. The molecule has 8 nitrogen and oxygen atoms in total. The van der Waals surface area contributed by atoms with E-state index in [-0.39, 0.29) is 46.3 Å². The van der Waals surface area contributed by atoms with Crippen LogP contribution in [-0.4, -0.2) is 47.6 Å². The van der Waals surface area contributed by atoms with Gasteiger partial charge < -0.3 is 30.6 Å². The maximum absolute atomic E-state index is 16.4. The minimum Gasteiger partial charge on any atom is -0.508 e. The van der Waals surface area contributed by atoms with Gasteiger partial charge in [0.25, 0.3) is 0 Å². The Bertz CT molecular complexity index is 3030. The lowest BCUT2D eigenvalue weighted by Crippen LogP contribution is -2.11. The monoisotopic (exact) mass is 809 g/mol. The van der Waals surface area contributed by atoms with Crippen LogP contribution in [0, 0.1) is 23.3 Å². The number of H-pyrrole nitrogens is 2. The summed E-state index contributed by atoms with van der Waals surface area (Å²) in [7, 11) is 0. The molecule has 292 valence electrons. The van der Waals surface area contributed by atoms with Crippen molar-refractivity contribution >= 4 is 64.7 Å². The molecular formula is C46H31F4N5O3S. The van der Waals surface area contributed by atoms with Crippen LogP contribution in [0.5, 0.6) is 17.2 Å². The largest absolute Gasteiger partial charge is 0.508 e. The Labute approximate surface area is 339 Å². The fraction of sp³-hybridized carbons (Fsp3) is 0.0435. The number of rotatable bonds is 7. The topological polar surface area (TPSA) is 130 Å². The molecule has 0 amide bonds. The number of nitrogens with one attached hydrogen (secondary N) is 3. The zero-order chi connectivity index (χ0) is 40.9. The summed E-state index contributed by atoms with van der Waals surface area (Å²) in [6.45, 7) is -0.0637. The normalized spacial score (nSPS) is 12.0. The molecule has 7 aromatic rings.